The van der Waals surface area contributed by atoms with Crippen molar-refractivity contribution in [1.82, 2.24) is 4.90 Å². The number of hydrogen-bond acceptors (Lipinski definition) is 3. The van der Waals surface area contributed by atoms with E-state index in [4.69, 9.17) is 4.74 Å². The van der Waals surface area contributed by atoms with Crippen LogP contribution in [0.3, 0.4) is 0 Å². The third-order valence-electron chi connectivity index (χ3n) is 4.02. The Hall–Kier alpha value is -0.900. The Morgan fingerprint density at radius 2 is 1.90 bits per heavy atom. The Kier molecular flexibility index (Phi) is 9.47. The van der Waals surface area contributed by atoms with Crippen LogP contribution in [0.5, 0.6) is 0 Å². The van der Waals surface area contributed by atoms with Gasteiger partial charge in [0.2, 0.25) is 5.91 Å². The van der Waals surface area contributed by atoms with E-state index in [-0.39, 0.29) is 18.1 Å². The smallest absolute Gasteiger partial charge is 0.222 e. The Balaban J connectivity index is 4.91. The zero-order valence-electron chi connectivity index (χ0n) is 13.9. The summed E-state index contributed by atoms with van der Waals surface area (Å²) >= 11 is 0. The second-order valence-electron chi connectivity index (χ2n) is 5.99. The van der Waals surface area contributed by atoms with E-state index in [2.05, 4.69) is 27.7 Å². The number of carbonyl (C=O) groups excluding carboxylic acids is 2. The Morgan fingerprint density at radius 3 is 2.30 bits per heavy atom. The minimum Gasteiger partial charge on any atom is -0.379 e. The summed E-state index contributed by atoms with van der Waals surface area (Å²) in [6, 6.07) is -0.0464. The average Bonchev–Trinajstić information content (AvgIpc) is 2.43. The van der Waals surface area contributed by atoms with Gasteiger partial charge >= 0.3 is 0 Å². The molecule has 0 saturated carbocycles. The first-order chi connectivity index (χ1) is 9.38. The molecule has 4 heteroatoms. The quantitative estimate of drug-likeness (QED) is 0.580. The topological polar surface area (TPSA) is 46.6 Å². The van der Waals surface area contributed by atoms with Crippen molar-refractivity contribution >= 4 is 12.2 Å². The maximum Gasteiger partial charge on any atom is 0.222 e. The molecule has 0 aromatic rings. The summed E-state index contributed by atoms with van der Waals surface area (Å²) in [5.74, 6) is 0.951. The van der Waals surface area contributed by atoms with Gasteiger partial charge in [-0.3, -0.25) is 4.79 Å². The zero-order valence-corrected chi connectivity index (χ0v) is 13.9. The number of likely N-dealkylation sites (N-methyl/N-ethyl adjacent to an activating group) is 1. The van der Waals surface area contributed by atoms with Gasteiger partial charge in [0.15, 0.2) is 0 Å². The van der Waals surface area contributed by atoms with Crippen LogP contribution in [0.2, 0.25) is 0 Å². The first-order valence-electron chi connectivity index (χ1n) is 7.61. The highest BCUT2D eigenvalue weighted by Gasteiger charge is 2.31. The molecule has 0 fully saturated rings. The normalized spacial score (nSPS) is 15.8. The minimum atomic E-state index is -0.226. The van der Waals surface area contributed by atoms with Gasteiger partial charge in [0, 0.05) is 27.0 Å². The van der Waals surface area contributed by atoms with Crippen LogP contribution < -0.4 is 0 Å². The molecule has 0 saturated heterocycles. The van der Waals surface area contributed by atoms with E-state index in [1.165, 1.54) is 0 Å². The van der Waals surface area contributed by atoms with E-state index in [1.54, 1.807) is 12.0 Å². The molecular formula is C16H31NO3. The molecule has 4 nitrogen and oxygen atoms in total. The molecule has 0 aliphatic heterocycles. The van der Waals surface area contributed by atoms with Gasteiger partial charge in [0.1, 0.15) is 6.29 Å². The predicted molar refractivity (Wildman–Crippen MR) is 81.6 cm³/mol. The largest absolute Gasteiger partial charge is 0.379 e. The van der Waals surface area contributed by atoms with Crippen molar-refractivity contribution in [1.29, 1.82) is 0 Å². The van der Waals surface area contributed by atoms with E-state index >= 15 is 0 Å². The third-order valence-corrected chi connectivity index (χ3v) is 4.02. The van der Waals surface area contributed by atoms with Gasteiger partial charge in [-0.15, -0.1) is 0 Å². The van der Waals surface area contributed by atoms with Gasteiger partial charge in [0.05, 0.1) is 12.1 Å². The number of methoxy groups -OCH3 is 1. The molecule has 0 N–H and O–H groups in total. The lowest BCUT2D eigenvalue weighted by Crippen LogP contribution is -2.49. The van der Waals surface area contributed by atoms with Gasteiger partial charge in [0.25, 0.3) is 0 Å². The van der Waals surface area contributed by atoms with Crippen LogP contribution in [0.15, 0.2) is 0 Å². The molecule has 0 aliphatic carbocycles. The highest BCUT2D eigenvalue weighted by Crippen LogP contribution is 2.22. The molecule has 0 spiro atoms. The summed E-state index contributed by atoms with van der Waals surface area (Å²) in [5, 5.41) is 0. The monoisotopic (exact) mass is 285 g/mol. The van der Waals surface area contributed by atoms with Crippen molar-refractivity contribution in [3.8, 4) is 0 Å². The maximum absolute atomic E-state index is 12.3. The number of carbonyl (C=O) groups is 2. The Bertz CT molecular complexity index is 291. The summed E-state index contributed by atoms with van der Waals surface area (Å²) in [6.45, 7) is 8.43. The number of aldehydes is 1. The van der Waals surface area contributed by atoms with Gasteiger partial charge < -0.3 is 14.4 Å². The minimum absolute atomic E-state index is 0.0464. The first-order valence-corrected chi connectivity index (χ1v) is 7.61. The second kappa shape index (κ2) is 9.92. The molecule has 0 aromatic carbocycles. The fraction of sp³-hybridized carbons (Fsp3) is 0.875. The van der Waals surface area contributed by atoms with E-state index in [0.29, 0.717) is 24.7 Å². The molecule has 0 radical (unpaired) electrons. The summed E-state index contributed by atoms with van der Waals surface area (Å²) in [6.07, 6.45) is 3.37. The molecule has 118 valence electrons. The number of amides is 1. The second-order valence-corrected chi connectivity index (χ2v) is 5.99. The molecular weight excluding hydrogens is 254 g/mol. The van der Waals surface area contributed by atoms with Crippen molar-refractivity contribution in [3.63, 3.8) is 0 Å². The summed E-state index contributed by atoms with van der Waals surface area (Å²) in [5.41, 5.74) is 0. The average molecular weight is 285 g/mol. The van der Waals surface area contributed by atoms with E-state index in [1.807, 2.05) is 7.05 Å². The van der Waals surface area contributed by atoms with Gasteiger partial charge in [-0.25, -0.2) is 0 Å². The van der Waals surface area contributed by atoms with Crippen molar-refractivity contribution < 1.29 is 14.3 Å². The maximum atomic E-state index is 12.3. The van der Waals surface area contributed by atoms with Gasteiger partial charge in [-0.05, 0) is 18.3 Å². The number of rotatable bonds is 10. The Labute approximate surface area is 123 Å². The van der Waals surface area contributed by atoms with Gasteiger partial charge in [-0.1, -0.05) is 34.1 Å². The molecule has 0 bridgehead atoms. The standard InChI is InChI=1S/C16H31NO3/c1-7-13(4)16(14(20-6)10-11-18)17(5)15(19)9-8-12(2)3/h11-14,16H,7-10H2,1-6H3. The Morgan fingerprint density at radius 1 is 1.30 bits per heavy atom. The lowest BCUT2D eigenvalue weighted by atomic mass is 9.91. The van der Waals surface area contributed by atoms with Crippen LogP contribution in [0, 0.1) is 11.8 Å². The molecule has 3 atom stereocenters. The third kappa shape index (κ3) is 6.04. The molecule has 20 heavy (non-hydrogen) atoms. The molecule has 0 heterocycles. The number of hydrogen-bond donors (Lipinski definition) is 0. The zero-order chi connectivity index (χ0) is 15.7. The predicted octanol–water partition coefficient (Wildman–Crippen LogP) is 2.90. The molecule has 0 aliphatic rings. The summed E-state index contributed by atoms with van der Waals surface area (Å²) in [7, 11) is 3.44. The van der Waals surface area contributed by atoms with Gasteiger partial charge in [-0.2, -0.15) is 0 Å². The number of nitrogens with zero attached hydrogens (tertiary/aromatic N) is 1. The molecule has 0 rings (SSSR count). The van der Waals surface area contributed by atoms with Crippen LogP contribution in [-0.4, -0.2) is 43.4 Å². The van der Waals surface area contributed by atoms with E-state index in [9.17, 15) is 9.59 Å². The van der Waals surface area contributed by atoms with Crippen molar-refractivity contribution in [2.75, 3.05) is 14.2 Å². The van der Waals surface area contributed by atoms with Crippen molar-refractivity contribution in [2.24, 2.45) is 11.8 Å². The SMILES string of the molecule is CCC(C)C(C(CC=O)OC)N(C)C(=O)CCC(C)C. The van der Waals surface area contributed by atoms with Crippen LogP contribution in [0.25, 0.3) is 0 Å². The lowest BCUT2D eigenvalue weighted by Gasteiger charge is -2.37. The molecule has 3 unspecified atom stereocenters. The fourth-order valence-electron chi connectivity index (χ4n) is 2.46. The van der Waals surface area contributed by atoms with Crippen molar-refractivity contribution in [2.45, 2.75) is 65.5 Å². The van der Waals surface area contributed by atoms with Crippen LogP contribution in [0.1, 0.15) is 53.4 Å². The van der Waals surface area contributed by atoms with Crippen LogP contribution in [-0.2, 0) is 14.3 Å². The summed E-state index contributed by atoms with van der Waals surface area (Å²) < 4.78 is 5.45. The molecule has 0 aromatic heterocycles. The van der Waals surface area contributed by atoms with E-state index in [0.717, 1.165) is 19.1 Å². The van der Waals surface area contributed by atoms with E-state index < -0.39 is 0 Å². The first kappa shape index (κ1) is 19.1. The van der Waals surface area contributed by atoms with Crippen LogP contribution >= 0.6 is 0 Å². The summed E-state index contributed by atoms with van der Waals surface area (Å²) in [4.78, 5) is 24.9. The number of ether oxygens (including phenoxy) is 1. The van der Waals surface area contributed by atoms with Crippen molar-refractivity contribution in [3.05, 3.63) is 0 Å². The fourth-order valence-corrected chi connectivity index (χ4v) is 2.46. The lowest BCUT2D eigenvalue weighted by molar-refractivity contribution is -0.138. The highest BCUT2D eigenvalue weighted by molar-refractivity contribution is 5.76. The highest BCUT2D eigenvalue weighted by atomic mass is 16.5. The van der Waals surface area contributed by atoms with Crippen LogP contribution in [0.4, 0.5) is 0 Å². The molecule has 1 amide bonds.